The van der Waals surface area contributed by atoms with Crippen molar-refractivity contribution in [1.82, 2.24) is 19.7 Å². The monoisotopic (exact) mass is 463 g/mol. The van der Waals surface area contributed by atoms with E-state index in [-0.39, 0.29) is 17.5 Å². The number of carbonyl (C=O) groups is 1. The highest BCUT2D eigenvalue weighted by Crippen LogP contribution is 2.31. The molecule has 11 heteroatoms. The van der Waals surface area contributed by atoms with Crippen molar-refractivity contribution in [3.05, 3.63) is 54.4 Å². The third-order valence-electron chi connectivity index (χ3n) is 4.87. The molecule has 1 atom stereocenters. The quantitative estimate of drug-likeness (QED) is 0.527. The molecule has 1 aliphatic rings. The van der Waals surface area contributed by atoms with Crippen LogP contribution in [0.2, 0.25) is 0 Å². The molecule has 3 aromatic rings. The first kappa shape index (κ1) is 22.3. The number of carbonyl (C=O) groups excluding carboxylic acids is 1. The van der Waals surface area contributed by atoms with Crippen molar-refractivity contribution >= 4 is 23.4 Å². The minimum Gasteiger partial charge on any atom is -0.376 e. The zero-order valence-electron chi connectivity index (χ0n) is 16.9. The van der Waals surface area contributed by atoms with Crippen LogP contribution in [0.15, 0.2) is 53.9 Å². The molecule has 1 aliphatic heterocycles. The zero-order valence-corrected chi connectivity index (χ0v) is 17.7. The maximum Gasteiger partial charge on any atom is 0.416 e. The summed E-state index contributed by atoms with van der Waals surface area (Å²) in [4.78, 5) is 16.4. The Morgan fingerprint density at radius 2 is 2.03 bits per heavy atom. The molecular formula is C21H20F3N5O2S. The molecule has 0 bridgehead atoms. The van der Waals surface area contributed by atoms with Crippen molar-refractivity contribution in [3.8, 4) is 11.4 Å². The van der Waals surface area contributed by atoms with Crippen molar-refractivity contribution in [2.75, 3.05) is 17.7 Å². The van der Waals surface area contributed by atoms with Crippen LogP contribution >= 0.6 is 11.8 Å². The first-order chi connectivity index (χ1) is 15.4. The second-order valence-electron chi connectivity index (χ2n) is 7.20. The van der Waals surface area contributed by atoms with E-state index in [2.05, 4.69) is 20.5 Å². The Labute approximate surface area is 186 Å². The lowest BCUT2D eigenvalue weighted by Gasteiger charge is -2.14. The number of amides is 1. The Kier molecular flexibility index (Phi) is 6.75. The normalized spacial score (nSPS) is 16.3. The summed E-state index contributed by atoms with van der Waals surface area (Å²) in [6.07, 6.45) is 0.793. The Morgan fingerprint density at radius 1 is 1.22 bits per heavy atom. The lowest BCUT2D eigenvalue weighted by atomic mass is 10.2. The van der Waals surface area contributed by atoms with E-state index in [4.69, 9.17) is 4.74 Å². The SMILES string of the molecule is O=C(CSc1nnc(-c2ccncc2)n1CC1CCCO1)Nc1cccc(C(F)(F)F)c1. The highest BCUT2D eigenvalue weighted by molar-refractivity contribution is 7.99. The van der Waals surface area contributed by atoms with E-state index in [1.54, 1.807) is 12.4 Å². The number of thioether (sulfide) groups is 1. The van der Waals surface area contributed by atoms with E-state index >= 15 is 0 Å². The number of aromatic nitrogens is 4. The average Bonchev–Trinajstić information content (AvgIpc) is 3.43. The summed E-state index contributed by atoms with van der Waals surface area (Å²) < 4.78 is 46.3. The van der Waals surface area contributed by atoms with Crippen LogP contribution in [-0.4, -0.2) is 44.1 Å². The predicted molar refractivity (Wildman–Crippen MR) is 113 cm³/mol. The lowest BCUT2D eigenvalue weighted by Crippen LogP contribution is -2.18. The third kappa shape index (κ3) is 5.46. The Morgan fingerprint density at radius 3 is 2.75 bits per heavy atom. The summed E-state index contributed by atoms with van der Waals surface area (Å²) in [5, 5.41) is 11.6. The average molecular weight is 463 g/mol. The van der Waals surface area contributed by atoms with Gasteiger partial charge in [0.1, 0.15) is 0 Å². The standard InChI is InChI=1S/C21H20F3N5O2S/c22-21(23,24)15-3-1-4-16(11-15)26-18(30)13-32-20-28-27-19(14-6-8-25-9-7-14)29(20)12-17-5-2-10-31-17/h1,3-4,6-9,11,17H,2,5,10,12-13H2,(H,26,30). The molecule has 0 spiro atoms. The zero-order chi connectivity index (χ0) is 22.6. The summed E-state index contributed by atoms with van der Waals surface area (Å²) in [6.45, 7) is 1.25. The van der Waals surface area contributed by atoms with Gasteiger partial charge >= 0.3 is 6.18 Å². The minimum absolute atomic E-state index is 0.0315. The van der Waals surface area contributed by atoms with Crippen molar-refractivity contribution in [3.63, 3.8) is 0 Å². The van der Waals surface area contributed by atoms with Crippen LogP contribution in [-0.2, 0) is 22.3 Å². The fourth-order valence-corrected chi connectivity index (χ4v) is 4.11. The molecule has 1 amide bonds. The van der Waals surface area contributed by atoms with Gasteiger partial charge in [0.2, 0.25) is 5.91 Å². The number of alkyl halides is 3. The number of ether oxygens (including phenoxy) is 1. The number of hydrogen-bond donors (Lipinski definition) is 1. The Bertz CT molecular complexity index is 1070. The molecule has 1 unspecified atom stereocenters. The van der Waals surface area contributed by atoms with E-state index in [0.717, 1.165) is 30.5 Å². The molecule has 0 radical (unpaired) electrons. The molecule has 4 rings (SSSR count). The van der Waals surface area contributed by atoms with E-state index in [0.29, 0.717) is 24.1 Å². The van der Waals surface area contributed by atoms with Gasteiger partial charge in [-0.1, -0.05) is 17.8 Å². The molecule has 1 saturated heterocycles. The molecule has 0 saturated carbocycles. The van der Waals surface area contributed by atoms with Gasteiger partial charge in [-0.05, 0) is 43.2 Å². The first-order valence-corrected chi connectivity index (χ1v) is 10.9. The molecule has 2 aromatic heterocycles. The van der Waals surface area contributed by atoms with Gasteiger partial charge in [-0.3, -0.25) is 14.3 Å². The van der Waals surface area contributed by atoms with Crippen molar-refractivity contribution in [1.29, 1.82) is 0 Å². The topological polar surface area (TPSA) is 81.9 Å². The van der Waals surface area contributed by atoms with Crippen LogP contribution in [0.4, 0.5) is 18.9 Å². The number of rotatable bonds is 7. The second kappa shape index (κ2) is 9.70. The summed E-state index contributed by atoms with van der Waals surface area (Å²) in [6, 6.07) is 8.18. The van der Waals surface area contributed by atoms with Gasteiger partial charge in [0.05, 0.1) is 24.0 Å². The number of hydrogen-bond acceptors (Lipinski definition) is 6. The van der Waals surface area contributed by atoms with E-state index < -0.39 is 17.6 Å². The van der Waals surface area contributed by atoms with Gasteiger partial charge in [-0.25, -0.2) is 0 Å². The fraction of sp³-hybridized carbons (Fsp3) is 0.333. The van der Waals surface area contributed by atoms with E-state index in [1.807, 2.05) is 16.7 Å². The maximum absolute atomic E-state index is 12.9. The third-order valence-corrected chi connectivity index (χ3v) is 5.84. The number of anilines is 1. The molecule has 1 N–H and O–H groups in total. The first-order valence-electron chi connectivity index (χ1n) is 9.95. The molecule has 32 heavy (non-hydrogen) atoms. The maximum atomic E-state index is 12.9. The van der Waals surface area contributed by atoms with Crippen LogP contribution in [0.25, 0.3) is 11.4 Å². The summed E-state index contributed by atoms with van der Waals surface area (Å²) in [5.41, 5.74) is 0.107. The van der Waals surface area contributed by atoms with Gasteiger partial charge < -0.3 is 10.1 Å². The Balaban J connectivity index is 1.47. The van der Waals surface area contributed by atoms with E-state index in [1.165, 1.54) is 23.9 Å². The van der Waals surface area contributed by atoms with Gasteiger partial charge in [-0.15, -0.1) is 10.2 Å². The van der Waals surface area contributed by atoms with Crippen LogP contribution in [0.1, 0.15) is 18.4 Å². The molecule has 1 fully saturated rings. The van der Waals surface area contributed by atoms with Crippen molar-refractivity contribution in [2.45, 2.75) is 36.8 Å². The van der Waals surface area contributed by atoms with Crippen LogP contribution < -0.4 is 5.32 Å². The molecule has 3 heterocycles. The lowest BCUT2D eigenvalue weighted by molar-refractivity contribution is -0.137. The molecule has 0 aliphatic carbocycles. The smallest absolute Gasteiger partial charge is 0.376 e. The highest BCUT2D eigenvalue weighted by Gasteiger charge is 2.30. The van der Waals surface area contributed by atoms with Crippen molar-refractivity contribution in [2.24, 2.45) is 0 Å². The van der Waals surface area contributed by atoms with Gasteiger partial charge in [-0.2, -0.15) is 13.2 Å². The largest absolute Gasteiger partial charge is 0.416 e. The fourth-order valence-electron chi connectivity index (χ4n) is 3.37. The van der Waals surface area contributed by atoms with Gasteiger partial charge in [0, 0.05) is 30.3 Å². The van der Waals surface area contributed by atoms with Gasteiger partial charge in [0.15, 0.2) is 11.0 Å². The van der Waals surface area contributed by atoms with Crippen LogP contribution in [0.3, 0.4) is 0 Å². The van der Waals surface area contributed by atoms with Crippen LogP contribution in [0.5, 0.6) is 0 Å². The predicted octanol–water partition coefficient (Wildman–Crippen LogP) is 4.27. The molecular weight excluding hydrogens is 443 g/mol. The summed E-state index contributed by atoms with van der Waals surface area (Å²) in [7, 11) is 0. The van der Waals surface area contributed by atoms with Crippen molar-refractivity contribution < 1.29 is 22.7 Å². The number of pyridine rings is 1. The second-order valence-corrected chi connectivity index (χ2v) is 8.15. The molecule has 168 valence electrons. The highest BCUT2D eigenvalue weighted by atomic mass is 32.2. The number of nitrogens with one attached hydrogen (secondary N) is 1. The van der Waals surface area contributed by atoms with Crippen LogP contribution in [0, 0.1) is 0 Å². The number of nitrogens with zero attached hydrogens (tertiary/aromatic N) is 4. The minimum atomic E-state index is -4.47. The summed E-state index contributed by atoms with van der Waals surface area (Å²) >= 11 is 1.17. The molecule has 1 aromatic carbocycles. The Hall–Kier alpha value is -2.92. The van der Waals surface area contributed by atoms with Gasteiger partial charge in [0.25, 0.3) is 0 Å². The van der Waals surface area contributed by atoms with E-state index in [9.17, 15) is 18.0 Å². The number of benzene rings is 1. The molecule has 7 nitrogen and oxygen atoms in total. The summed E-state index contributed by atoms with van der Waals surface area (Å²) in [5.74, 6) is 0.172. The number of halogens is 3.